The molecule has 0 unspecified atom stereocenters. The van der Waals surface area contributed by atoms with Crippen LogP contribution in [-0.4, -0.2) is 20.3 Å². The Morgan fingerprint density at radius 1 is 1.38 bits per heavy atom. The molecule has 0 atom stereocenters. The van der Waals surface area contributed by atoms with Gasteiger partial charge < -0.3 is 4.74 Å². The van der Waals surface area contributed by atoms with Gasteiger partial charge in [0.05, 0.1) is 11.5 Å². The van der Waals surface area contributed by atoms with Crippen LogP contribution in [0.2, 0.25) is 18.1 Å². The van der Waals surface area contributed by atoms with Crippen molar-refractivity contribution in [1.29, 1.82) is 0 Å². The zero-order valence-electron chi connectivity index (χ0n) is 13.4. The summed E-state index contributed by atoms with van der Waals surface area (Å²) in [5.74, 6) is 0. The van der Waals surface area contributed by atoms with Gasteiger partial charge in [-0.2, -0.15) is 0 Å². The molecule has 1 aromatic carbocycles. The Hall–Kier alpha value is -1.46. The van der Waals surface area contributed by atoms with Gasteiger partial charge in [0.1, 0.15) is 0 Å². The van der Waals surface area contributed by atoms with Crippen molar-refractivity contribution < 1.29 is 9.66 Å². The van der Waals surface area contributed by atoms with Gasteiger partial charge >= 0.3 is 0 Å². The van der Waals surface area contributed by atoms with Gasteiger partial charge in [-0.1, -0.05) is 33.0 Å². The Balaban J connectivity index is 2.78. The van der Waals surface area contributed by atoms with E-state index in [0.29, 0.717) is 13.0 Å². The molecule has 0 aliphatic rings. The number of nitro benzene ring substituents is 1. The number of rotatable bonds is 8. The van der Waals surface area contributed by atoms with Crippen molar-refractivity contribution in [2.24, 2.45) is 0 Å². The molecule has 0 saturated heterocycles. The summed E-state index contributed by atoms with van der Waals surface area (Å²) < 4.78 is 5.86. The summed E-state index contributed by atoms with van der Waals surface area (Å²) in [4.78, 5) is 10.5. The summed E-state index contributed by atoms with van der Waals surface area (Å²) in [6.45, 7) is 14.0. The summed E-state index contributed by atoms with van der Waals surface area (Å²) in [5.41, 5.74) is 2.03. The van der Waals surface area contributed by atoms with Crippen LogP contribution >= 0.6 is 0 Å². The molecule has 5 heteroatoms. The van der Waals surface area contributed by atoms with Crippen LogP contribution in [0, 0.1) is 10.1 Å². The van der Waals surface area contributed by atoms with Gasteiger partial charge in [0.15, 0.2) is 0 Å². The van der Waals surface area contributed by atoms with E-state index in [1.807, 2.05) is 0 Å². The Morgan fingerprint density at radius 2 is 2.05 bits per heavy atom. The third-order valence-corrected chi connectivity index (χ3v) is 7.35. The zero-order valence-corrected chi connectivity index (χ0v) is 14.5. The fraction of sp³-hybridized carbons (Fsp3) is 0.500. The van der Waals surface area contributed by atoms with Crippen LogP contribution in [0.5, 0.6) is 0 Å². The molecule has 1 rings (SSSR count). The van der Waals surface area contributed by atoms with Crippen molar-refractivity contribution in [3.8, 4) is 0 Å². The molecule has 116 valence electrons. The second-order valence-corrected chi connectivity index (χ2v) is 10.2. The molecule has 4 nitrogen and oxygen atoms in total. The lowest BCUT2D eigenvalue weighted by molar-refractivity contribution is -0.384. The first-order valence-corrected chi connectivity index (χ1v) is 10.1. The molecule has 0 saturated carbocycles. The first-order chi connectivity index (χ1) is 9.77. The third-order valence-electron chi connectivity index (χ3n) is 4.06. The Morgan fingerprint density at radius 3 is 2.57 bits per heavy atom. The molecule has 0 heterocycles. The van der Waals surface area contributed by atoms with Crippen LogP contribution in [0.1, 0.15) is 25.0 Å². The molecule has 0 bridgehead atoms. The fourth-order valence-corrected chi connectivity index (χ4v) is 2.25. The van der Waals surface area contributed by atoms with Gasteiger partial charge in [-0.15, -0.1) is 6.58 Å². The largest absolute Gasteiger partial charge is 0.377 e. The van der Waals surface area contributed by atoms with Crippen LogP contribution in [0.15, 0.2) is 30.9 Å². The van der Waals surface area contributed by atoms with E-state index < -0.39 is 8.80 Å². The van der Waals surface area contributed by atoms with E-state index in [1.165, 1.54) is 6.07 Å². The van der Waals surface area contributed by atoms with Gasteiger partial charge in [0, 0.05) is 27.5 Å². The minimum atomic E-state index is -0.783. The highest BCUT2D eigenvalue weighted by Crippen LogP contribution is 2.29. The average Bonchev–Trinajstić information content (AvgIpc) is 2.40. The van der Waals surface area contributed by atoms with Crippen molar-refractivity contribution in [1.82, 2.24) is 0 Å². The smallest absolute Gasteiger partial charge is 0.269 e. The Bertz CT molecular complexity index is 512. The second-order valence-electron chi connectivity index (χ2n) is 6.34. The van der Waals surface area contributed by atoms with Crippen LogP contribution in [0.4, 0.5) is 5.69 Å². The topological polar surface area (TPSA) is 52.4 Å². The Kier molecular flexibility index (Phi) is 6.30. The highest BCUT2D eigenvalue weighted by Gasteiger charge is 2.23. The lowest BCUT2D eigenvalue weighted by Gasteiger charge is -2.28. The maximum Gasteiger partial charge on any atom is 0.269 e. The lowest BCUT2D eigenvalue weighted by Crippen LogP contribution is -2.26. The van der Waals surface area contributed by atoms with E-state index in [2.05, 4.69) is 33.5 Å². The van der Waals surface area contributed by atoms with E-state index in [-0.39, 0.29) is 15.6 Å². The van der Waals surface area contributed by atoms with E-state index in [9.17, 15) is 10.1 Å². The van der Waals surface area contributed by atoms with E-state index in [0.717, 1.165) is 17.7 Å². The summed E-state index contributed by atoms with van der Waals surface area (Å²) >= 11 is 0. The zero-order chi connectivity index (χ0) is 16.0. The molecule has 0 spiro atoms. The van der Waals surface area contributed by atoms with Crippen molar-refractivity contribution in [3.05, 3.63) is 52.1 Å². The minimum absolute atomic E-state index is 0.116. The van der Waals surface area contributed by atoms with Gasteiger partial charge in [-0.05, 0) is 28.7 Å². The number of nitrogens with zero attached hydrogens (tertiary/aromatic N) is 1. The SMILES string of the molecule is C=CCc1cc([N+](=O)[O-])ccc1COCC(C)(C)[SiH](C)C. The fourth-order valence-electron chi connectivity index (χ4n) is 1.80. The molecule has 0 fully saturated rings. The Labute approximate surface area is 128 Å². The van der Waals surface area contributed by atoms with Gasteiger partial charge in [-0.3, -0.25) is 10.1 Å². The maximum atomic E-state index is 10.8. The molecule has 0 N–H and O–H groups in total. The predicted molar refractivity (Wildman–Crippen MR) is 89.6 cm³/mol. The van der Waals surface area contributed by atoms with Gasteiger partial charge in [0.2, 0.25) is 0 Å². The molecule has 0 aromatic heterocycles. The number of allylic oxidation sites excluding steroid dienone is 1. The standard InChI is InChI=1S/C16H25NO3Si/c1-6-7-13-10-15(17(18)19)9-8-14(13)11-20-12-16(2,3)21(4)5/h6,8-10,21H,1,7,11-12H2,2-5H3. The number of ether oxygens (including phenoxy) is 1. The first kappa shape index (κ1) is 17.6. The maximum absolute atomic E-state index is 10.8. The number of non-ortho nitro benzene ring substituents is 1. The summed E-state index contributed by atoms with van der Waals surface area (Å²) in [6.07, 6.45) is 2.37. The van der Waals surface area contributed by atoms with E-state index >= 15 is 0 Å². The van der Waals surface area contributed by atoms with Crippen LogP contribution in [0.25, 0.3) is 0 Å². The second kappa shape index (κ2) is 7.52. The number of hydrogen-bond donors (Lipinski definition) is 0. The van der Waals surface area contributed by atoms with Gasteiger partial charge in [-0.25, -0.2) is 0 Å². The molecular weight excluding hydrogens is 282 g/mol. The van der Waals surface area contributed by atoms with Crippen LogP contribution in [0.3, 0.4) is 0 Å². The van der Waals surface area contributed by atoms with Crippen LogP contribution in [-0.2, 0) is 17.8 Å². The van der Waals surface area contributed by atoms with E-state index in [1.54, 1.807) is 18.2 Å². The predicted octanol–water partition coefficient (Wildman–Crippen LogP) is 4.11. The van der Waals surface area contributed by atoms with E-state index in [4.69, 9.17) is 4.74 Å². The molecule has 0 aliphatic carbocycles. The molecule has 0 aliphatic heterocycles. The third kappa shape index (κ3) is 5.10. The molecular formula is C16H25NO3Si. The highest BCUT2D eigenvalue weighted by atomic mass is 28.3. The minimum Gasteiger partial charge on any atom is -0.377 e. The summed E-state index contributed by atoms with van der Waals surface area (Å²) in [5, 5.41) is 11.1. The van der Waals surface area contributed by atoms with Crippen molar-refractivity contribution in [3.63, 3.8) is 0 Å². The van der Waals surface area contributed by atoms with Gasteiger partial charge in [0.25, 0.3) is 5.69 Å². The monoisotopic (exact) mass is 307 g/mol. The van der Waals surface area contributed by atoms with Crippen LogP contribution < -0.4 is 0 Å². The average molecular weight is 307 g/mol. The normalized spacial score (nSPS) is 11.7. The summed E-state index contributed by atoms with van der Waals surface area (Å²) in [6, 6.07) is 4.94. The number of benzene rings is 1. The summed E-state index contributed by atoms with van der Waals surface area (Å²) in [7, 11) is -0.783. The number of nitro groups is 1. The lowest BCUT2D eigenvalue weighted by atomic mass is 10.0. The first-order valence-electron chi connectivity index (χ1n) is 7.22. The van der Waals surface area contributed by atoms with Crippen molar-refractivity contribution in [2.75, 3.05) is 6.61 Å². The molecule has 1 aromatic rings. The van der Waals surface area contributed by atoms with Crippen molar-refractivity contribution in [2.45, 2.75) is 45.0 Å². The number of hydrogen-bond acceptors (Lipinski definition) is 3. The quantitative estimate of drug-likeness (QED) is 0.314. The highest BCUT2D eigenvalue weighted by molar-refractivity contribution is 6.59. The molecule has 0 amide bonds. The molecule has 0 radical (unpaired) electrons. The van der Waals surface area contributed by atoms with Crippen molar-refractivity contribution >= 4 is 14.5 Å². The molecule has 21 heavy (non-hydrogen) atoms.